The van der Waals surface area contributed by atoms with Crippen LogP contribution in [-0.2, 0) is 11.2 Å². The monoisotopic (exact) mass is 352 g/mol. The van der Waals surface area contributed by atoms with Gasteiger partial charge in [0.15, 0.2) is 0 Å². The normalized spacial score (nSPS) is 23.4. The molecule has 0 bridgehead atoms. The predicted octanol–water partition coefficient (Wildman–Crippen LogP) is -1.16. The van der Waals surface area contributed by atoms with Crippen LogP contribution >= 0.6 is 0 Å². The van der Waals surface area contributed by atoms with Crippen molar-refractivity contribution in [2.75, 3.05) is 45.9 Å². The minimum absolute atomic E-state index is 0.0507. The van der Waals surface area contributed by atoms with E-state index >= 15 is 0 Å². The number of carbonyl (C=O) groups excluding carboxylic acids is 1. The van der Waals surface area contributed by atoms with Crippen LogP contribution in [0.4, 0.5) is 0 Å². The van der Waals surface area contributed by atoms with E-state index in [0.29, 0.717) is 12.8 Å². The fourth-order valence-corrected chi connectivity index (χ4v) is 3.22. The summed E-state index contributed by atoms with van der Waals surface area (Å²) >= 11 is 0. The molecule has 1 fully saturated rings. The Hall–Kier alpha value is -1.51. The highest BCUT2D eigenvalue weighted by atomic mass is 16.3. The van der Waals surface area contributed by atoms with Gasteiger partial charge in [0.1, 0.15) is 11.7 Å². The summed E-state index contributed by atoms with van der Waals surface area (Å²) in [5.74, 6) is -0.102. The van der Waals surface area contributed by atoms with Gasteiger partial charge in [0, 0.05) is 32.6 Å². The molecule has 1 saturated heterocycles. The van der Waals surface area contributed by atoms with Crippen LogP contribution in [0.3, 0.4) is 0 Å². The summed E-state index contributed by atoms with van der Waals surface area (Å²) in [5.41, 5.74) is -0.379. The second-order valence-electron chi connectivity index (χ2n) is 6.60. The van der Waals surface area contributed by atoms with Crippen molar-refractivity contribution in [3.63, 3.8) is 0 Å². The summed E-state index contributed by atoms with van der Waals surface area (Å²) in [6, 6.07) is 9.70. The molecule has 7 heteroatoms. The number of aliphatic hydroxyl groups is 4. The fraction of sp³-hybridized carbons (Fsp3) is 0.611. The number of aliphatic hydroxyl groups excluding tert-OH is 3. The van der Waals surface area contributed by atoms with Gasteiger partial charge in [-0.3, -0.25) is 9.69 Å². The van der Waals surface area contributed by atoms with Crippen LogP contribution in [0.1, 0.15) is 12.0 Å². The molecule has 0 saturated carbocycles. The molecule has 25 heavy (non-hydrogen) atoms. The molecule has 2 rings (SSSR count). The molecule has 0 aromatic heterocycles. The number of amides is 1. The highest BCUT2D eigenvalue weighted by molar-refractivity contribution is 5.77. The lowest BCUT2D eigenvalue weighted by atomic mass is 9.99. The van der Waals surface area contributed by atoms with Crippen LogP contribution < -0.4 is 0 Å². The van der Waals surface area contributed by atoms with Crippen molar-refractivity contribution in [1.29, 1.82) is 0 Å². The van der Waals surface area contributed by atoms with Gasteiger partial charge in [-0.2, -0.15) is 0 Å². The number of likely N-dealkylation sites (tertiary alicyclic amines) is 1. The highest BCUT2D eigenvalue weighted by Crippen LogP contribution is 2.24. The Morgan fingerprint density at radius 1 is 1.20 bits per heavy atom. The van der Waals surface area contributed by atoms with E-state index in [2.05, 4.69) is 0 Å². The summed E-state index contributed by atoms with van der Waals surface area (Å²) in [5, 5.41) is 39.1. The molecule has 1 aliphatic heterocycles. The fourth-order valence-electron chi connectivity index (χ4n) is 3.22. The first-order valence-corrected chi connectivity index (χ1v) is 8.64. The Kier molecular flexibility index (Phi) is 7.34. The molecule has 1 aromatic rings. The van der Waals surface area contributed by atoms with E-state index in [1.807, 2.05) is 30.3 Å². The third-order valence-electron chi connectivity index (χ3n) is 4.63. The van der Waals surface area contributed by atoms with Gasteiger partial charge in [-0.05, 0) is 12.0 Å². The topological polar surface area (TPSA) is 104 Å². The summed E-state index contributed by atoms with van der Waals surface area (Å²) in [7, 11) is 0. The molecule has 0 aliphatic carbocycles. The maximum absolute atomic E-state index is 12.4. The van der Waals surface area contributed by atoms with E-state index in [-0.39, 0.29) is 51.8 Å². The third kappa shape index (κ3) is 5.49. The molecule has 1 amide bonds. The van der Waals surface area contributed by atoms with Gasteiger partial charge in [-0.25, -0.2) is 0 Å². The van der Waals surface area contributed by atoms with Gasteiger partial charge < -0.3 is 25.3 Å². The van der Waals surface area contributed by atoms with Gasteiger partial charge in [0.05, 0.1) is 19.8 Å². The van der Waals surface area contributed by atoms with E-state index in [1.165, 1.54) is 4.90 Å². The Morgan fingerprint density at radius 3 is 2.44 bits per heavy atom. The number of aryl methyl sites for hydroxylation is 1. The summed E-state index contributed by atoms with van der Waals surface area (Å²) < 4.78 is 0. The van der Waals surface area contributed by atoms with Gasteiger partial charge in [0.2, 0.25) is 5.91 Å². The lowest BCUT2D eigenvalue weighted by Gasteiger charge is -2.32. The number of benzene rings is 1. The van der Waals surface area contributed by atoms with Gasteiger partial charge >= 0.3 is 0 Å². The van der Waals surface area contributed by atoms with Crippen molar-refractivity contribution < 1.29 is 25.2 Å². The van der Waals surface area contributed by atoms with Gasteiger partial charge in [-0.1, -0.05) is 30.3 Å². The Morgan fingerprint density at radius 2 is 1.84 bits per heavy atom. The molecular weight excluding hydrogens is 324 g/mol. The minimum atomic E-state index is -1.45. The SMILES string of the molecule is O=C(CCc1ccccc1)N1C[C@@H](O)[C@](O)(CN(CCO)CCO)C1. The van der Waals surface area contributed by atoms with Crippen molar-refractivity contribution in [3.05, 3.63) is 35.9 Å². The molecule has 0 unspecified atom stereocenters. The standard InChI is InChI=1S/C18H28N2O5/c21-10-8-19(9-11-22)13-18(25)14-20(12-16(18)23)17(24)7-6-15-4-2-1-3-5-15/h1-5,16,21-23,25H,6-14H2/t16-,18+/m1/s1. The Labute approximate surface area is 148 Å². The zero-order valence-electron chi connectivity index (χ0n) is 14.4. The molecular formula is C18H28N2O5. The van der Waals surface area contributed by atoms with Crippen LogP contribution in [0.25, 0.3) is 0 Å². The lowest BCUT2D eigenvalue weighted by Crippen LogP contribution is -2.52. The zero-order chi connectivity index (χ0) is 18.3. The van der Waals surface area contributed by atoms with Crippen LogP contribution in [0.2, 0.25) is 0 Å². The minimum Gasteiger partial charge on any atom is -0.395 e. The van der Waals surface area contributed by atoms with Crippen molar-refractivity contribution in [2.45, 2.75) is 24.5 Å². The van der Waals surface area contributed by atoms with E-state index in [9.17, 15) is 15.0 Å². The average Bonchev–Trinajstić information content (AvgIpc) is 2.89. The van der Waals surface area contributed by atoms with Crippen molar-refractivity contribution in [2.24, 2.45) is 0 Å². The zero-order valence-corrected chi connectivity index (χ0v) is 14.4. The van der Waals surface area contributed by atoms with E-state index < -0.39 is 11.7 Å². The average molecular weight is 352 g/mol. The van der Waals surface area contributed by atoms with Crippen LogP contribution in [0.15, 0.2) is 30.3 Å². The highest BCUT2D eigenvalue weighted by Gasteiger charge is 2.46. The van der Waals surface area contributed by atoms with Crippen LogP contribution in [0.5, 0.6) is 0 Å². The second-order valence-corrected chi connectivity index (χ2v) is 6.60. The first-order valence-electron chi connectivity index (χ1n) is 8.64. The largest absolute Gasteiger partial charge is 0.395 e. The number of hydrogen-bond donors (Lipinski definition) is 4. The molecule has 0 spiro atoms. The number of rotatable bonds is 9. The number of β-amino-alcohol motifs (C(OH)–C–C–N with tert-alkyl or cyclic N) is 2. The predicted molar refractivity (Wildman–Crippen MR) is 92.9 cm³/mol. The van der Waals surface area contributed by atoms with E-state index in [4.69, 9.17) is 10.2 Å². The van der Waals surface area contributed by atoms with Crippen molar-refractivity contribution in [3.8, 4) is 0 Å². The molecule has 140 valence electrons. The van der Waals surface area contributed by atoms with Crippen molar-refractivity contribution in [1.82, 2.24) is 9.80 Å². The first kappa shape index (κ1) is 19.8. The number of hydrogen-bond acceptors (Lipinski definition) is 6. The van der Waals surface area contributed by atoms with Gasteiger partial charge in [0.25, 0.3) is 0 Å². The van der Waals surface area contributed by atoms with E-state index in [1.54, 1.807) is 4.90 Å². The van der Waals surface area contributed by atoms with Crippen molar-refractivity contribution >= 4 is 5.91 Å². The molecule has 0 radical (unpaired) electrons. The lowest BCUT2D eigenvalue weighted by molar-refractivity contribution is -0.131. The quantitative estimate of drug-likeness (QED) is 0.447. The molecule has 2 atom stereocenters. The maximum Gasteiger partial charge on any atom is 0.223 e. The molecule has 1 aromatic carbocycles. The summed E-state index contributed by atoms with van der Waals surface area (Å²) in [4.78, 5) is 15.6. The van der Waals surface area contributed by atoms with E-state index in [0.717, 1.165) is 5.56 Å². The second kappa shape index (κ2) is 9.26. The smallest absolute Gasteiger partial charge is 0.223 e. The Balaban J connectivity index is 1.90. The maximum atomic E-state index is 12.4. The Bertz CT molecular complexity index is 536. The molecule has 7 nitrogen and oxygen atoms in total. The molecule has 1 aliphatic rings. The summed E-state index contributed by atoms with van der Waals surface area (Å²) in [6.07, 6.45) is -0.108. The van der Waals surface area contributed by atoms with Crippen LogP contribution in [0, 0.1) is 0 Å². The third-order valence-corrected chi connectivity index (χ3v) is 4.63. The molecule has 1 heterocycles. The molecule has 4 N–H and O–H groups in total. The number of nitrogens with zero attached hydrogens (tertiary/aromatic N) is 2. The van der Waals surface area contributed by atoms with Gasteiger partial charge in [-0.15, -0.1) is 0 Å². The first-order chi connectivity index (χ1) is 12.0. The summed E-state index contributed by atoms with van der Waals surface area (Å²) in [6.45, 7) is 0.607. The number of carbonyl (C=O) groups is 1. The van der Waals surface area contributed by atoms with Crippen LogP contribution in [-0.4, -0.2) is 93.8 Å².